The van der Waals surface area contributed by atoms with E-state index in [1.54, 1.807) is 12.1 Å². The molecule has 0 spiro atoms. The van der Waals surface area contributed by atoms with Crippen LogP contribution in [-0.2, 0) is 0 Å². The van der Waals surface area contributed by atoms with Gasteiger partial charge in [0.25, 0.3) is 0 Å². The summed E-state index contributed by atoms with van der Waals surface area (Å²) in [6.07, 6.45) is 0. The van der Waals surface area contributed by atoms with Gasteiger partial charge in [0.2, 0.25) is 0 Å². The largest absolute Gasteiger partial charge is 0.205 e. The van der Waals surface area contributed by atoms with E-state index in [0.717, 1.165) is 16.2 Å². The SMILES string of the molecule is CC1=C(Cl)C2(Cl)C1C2c1ccc(F)c(Cl)c1. The van der Waals surface area contributed by atoms with Crippen molar-refractivity contribution in [2.75, 3.05) is 0 Å². The van der Waals surface area contributed by atoms with Crippen molar-refractivity contribution in [1.82, 2.24) is 0 Å². The number of alkyl halides is 1. The first-order chi connectivity index (χ1) is 7.48. The number of allylic oxidation sites excluding steroid dienone is 2. The molecule has 0 aromatic heterocycles. The average Bonchev–Trinajstić information content (AvgIpc) is 2.85. The molecular formula is C12H8Cl3F. The molecule has 2 aliphatic rings. The van der Waals surface area contributed by atoms with Gasteiger partial charge in [0.1, 0.15) is 5.82 Å². The van der Waals surface area contributed by atoms with Crippen molar-refractivity contribution in [3.8, 4) is 0 Å². The van der Waals surface area contributed by atoms with E-state index in [9.17, 15) is 4.39 Å². The predicted molar refractivity (Wildman–Crippen MR) is 64.8 cm³/mol. The molecule has 0 heterocycles. The molecule has 1 aromatic rings. The Hall–Kier alpha value is -0.240. The minimum absolute atomic E-state index is 0.137. The molecule has 1 aromatic carbocycles. The van der Waals surface area contributed by atoms with E-state index in [0.29, 0.717) is 5.92 Å². The predicted octanol–water partition coefficient (Wildman–Crippen LogP) is 4.70. The lowest BCUT2D eigenvalue weighted by atomic mass is 10.0. The number of hydrogen-bond donors (Lipinski definition) is 0. The van der Waals surface area contributed by atoms with E-state index in [1.165, 1.54) is 6.07 Å². The molecule has 0 radical (unpaired) electrons. The van der Waals surface area contributed by atoms with Crippen LogP contribution >= 0.6 is 34.8 Å². The summed E-state index contributed by atoms with van der Waals surface area (Å²) in [6.45, 7) is 1.98. The second kappa shape index (κ2) is 3.16. The van der Waals surface area contributed by atoms with Gasteiger partial charge in [-0.3, -0.25) is 0 Å². The molecule has 16 heavy (non-hydrogen) atoms. The van der Waals surface area contributed by atoms with Crippen molar-refractivity contribution < 1.29 is 4.39 Å². The molecule has 0 N–H and O–H groups in total. The third kappa shape index (κ3) is 1.12. The van der Waals surface area contributed by atoms with E-state index in [2.05, 4.69) is 0 Å². The Bertz CT molecular complexity index is 523. The average molecular weight is 278 g/mol. The van der Waals surface area contributed by atoms with Gasteiger partial charge >= 0.3 is 0 Å². The fourth-order valence-corrected chi connectivity index (χ4v) is 3.87. The maximum Gasteiger partial charge on any atom is 0.141 e. The van der Waals surface area contributed by atoms with Gasteiger partial charge in [-0.05, 0) is 24.6 Å². The summed E-state index contributed by atoms with van der Waals surface area (Å²) in [7, 11) is 0. The van der Waals surface area contributed by atoms with Crippen molar-refractivity contribution in [1.29, 1.82) is 0 Å². The second-order valence-corrected chi connectivity index (χ2v) is 5.80. The summed E-state index contributed by atoms with van der Waals surface area (Å²) in [4.78, 5) is -0.438. The van der Waals surface area contributed by atoms with E-state index >= 15 is 0 Å². The Morgan fingerprint density at radius 1 is 1.25 bits per heavy atom. The van der Waals surface area contributed by atoms with Crippen LogP contribution in [-0.4, -0.2) is 4.87 Å². The Labute approximate surface area is 108 Å². The molecule has 3 rings (SSSR count). The first-order valence-electron chi connectivity index (χ1n) is 4.98. The van der Waals surface area contributed by atoms with E-state index in [4.69, 9.17) is 34.8 Å². The Morgan fingerprint density at radius 2 is 1.94 bits per heavy atom. The fourth-order valence-electron chi connectivity index (χ4n) is 2.70. The summed E-state index contributed by atoms with van der Waals surface area (Å²) in [6, 6.07) is 4.74. The van der Waals surface area contributed by atoms with Crippen LogP contribution in [0.2, 0.25) is 5.02 Å². The van der Waals surface area contributed by atoms with Crippen LogP contribution in [0.15, 0.2) is 28.8 Å². The van der Waals surface area contributed by atoms with Crippen molar-refractivity contribution in [3.63, 3.8) is 0 Å². The monoisotopic (exact) mass is 276 g/mol. The zero-order valence-electron chi connectivity index (χ0n) is 8.40. The maximum atomic E-state index is 13.0. The molecule has 0 saturated heterocycles. The second-order valence-electron chi connectivity index (χ2n) is 4.39. The molecule has 0 aliphatic heterocycles. The van der Waals surface area contributed by atoms with Crippen molar-refractivity contribution in [2.24, 2.45) is 5.92 Å². The van der Waals surface area contributed by atoms with E-state index in [1.807, 2.05) is 6.92 Å². The topological polar surface area (TPSA) is 0 Å². The Balaban J connectivity index is 1.96. The highest BCUT2D eigenvalue weighted by Crippen LogP contribution is 2.77. The molecular weight excluding hydrogens is 269 g/mol. The number of fused-ring (bicyclic) bond motifs is 1. The highest BCUT2D eigenvalue weighted by Gasteiger charge is 2.73. The van der Waals surface area contributed by atoms with Crippen LogP contribution in [0.1, 0.15) is 18.4 Å². The Kier molecular flexibility index (Phi) is 2.15. The standard InChI is InChI=1S/C12H8Cl3F/c1-5-9-10(12(9,15)11(5)14)6-2-3-8(16)7(13)4-6/h2-4,9-10H,1H3. The Morgan fingerprint density at radius 3 is 2.44 bits per heavy atom. The highest BCUT2D eigenvalue weighted by atomic mass is 35.5. The van der Waals surface area contributed by atoms with Crippen LogP contribution < -0.4 is 0 Å². The molecule has 84 valence electrons. The zero-order valence-corrected chi connectivity index (χ0v) is 10.7. The molecule has 3 unspecified atom stereocenters. The third-order valence-corrected chi connectivity index (χ3v) is 5.24. The van der Waals surface area contributed by atoms with Crippen LogP contribution in [0.4, 0.5) is 4.39 Å². The molecule has 2 aliphatic carbocycles. The summed E-state index contributed by atoms with van der Waals surface area (Å²) < 4.78 is 13.0. The summed E-state index contributed by atoms with van der Waals surface area (Å²) in [5.41, 5.74) is 2.10. The van der Waals surface area contributed by atoms with Crippen molar-refractivity contribution in [2.45, 2.75) is 17.7 Å². The summed E-state index contributed by atoms with van der Waals surface area (Å²) in [5.74, 6) is 0.0424. The molecule has 4 heteroatoms. The first kappa shape index (κ1) is 10.9. The molecule has 0 amide bonds. The van der Waals surface area contributed by atoms with Gasteiger partial charge in [-0.25, -0.2) is 4.39 Å². The van der Waals surface area contributed by atoms with Crippen molar-refractivity contribution in [3.05, 3.63) is 45.2 Å². The van der Waals surface area contributed by atoms with Gasteiger partial charge in [0.15, 0.2) is 0 Å². The quantitative estimate of drug-likeness (QED) is 0.653. The van der Waals surface area contributed by atoms with Gasteiger partial charge < -0.3 is 0 Å². The maximum absolute atomic E-state index is 13.0. The summed E-state index contributed by atoms with van der Waals surface area (Å²) >= 11 is 18.2. The van der Waals surface area contributed by atoms with Crippen LogP contribution in [0.3, 0.4) is 0 Å². The van der Waals surface area contributed by atoms with Gasteiger partial charge in [0, 0.05) is 16.9 Å². The lowest BCUT2D eigenvalue weighted by Crippen LogP contribution is -2.16. The molecule has 0 nitrogen and oxygen atoms in total. The van der Waals surface area contributed by atoms with Gasteiger partial charge in [0.05, 0.1) is 9.90 Å². The minimum Gasteiger partial charge on any atom is -0.205 e. The number of rotatable bonds is 1. The summed E-state index contributed by atoms with van der Waals surface area (Å²) in [5, 5.41) is 0.877. The normalized spacial score (nSPS) is 35.8. The first-order valence-corrected chi connectivity index (χ1v) is 6.12. The fraction of sp³-hybridized carbons (Fsp3) is 0.333. The lowest BCUT2D eigenvalue weighted by molar-refractivity contribution is 0.627. The van der Waals surface area contributed by atoms with Crippen LogP contribution in [0.5, 0.6) is 0 Å². The van der Waals surface area contributed by atoms with Crippen LogP contribution in [0.25, 0.3) is 0 Å². The molecule has 3 atom stereocenters. The van der Waals surface area contributed by atoms with Gasteiger partial charge in [-0.2, -0.15) is 0 Å². The molecule has 0 bridgehead atoms. The molecule has 1 saturated carbocycles. The van der Waals surface area contributed by atoms with Crippen molar-refractivity contribution >= 4 is 34.8 Å². The number of benzene rings is 1. The zero-order chi connectivity index (χ0) is 11.7. The number of halogens is 4. The van der Waals surface area contributed by atoms with E-state index in [-0.39, 0.29) is 10.9 Å². The number of hydrogen-bond acceptors (Lipinski definition) is 0. The lowest BCUT2D eigenvalue weighted by Gasteiger charge is -2.20. The third-order valence-electron chi connectivity index (χ3n) is 3.58. The molecule has 1 fully saturated rings. The van der Waals surface area contributed by atoms with E-state index < -0.39 is 10.7 Å². The smallest absolute Gasteiger partial charge is 0.141 e. The van der Waals surface area contributed by atoms with Crippen LogP contribution in [0, 0.1) is 11.7 Å². The van der Waals surface area contributed by atoms with Gasteiger partial charge in [-0.15, -0.1) is 11.6 Å². The van der Waals surface area contributed by atoms with Gasteiger partial charge in [-0.1, -0.05) is 34.8 Å². The highest BCUT2D eigenvalue weighted by molar-refractivity contribution is 6.44. The minimum atomic E-state index is -0.438.